The monoisotopic (exact) mass is 196 g/mol. The first-order valence-corrected chi connectivity index (χ1v) is 5.44. The summed E-state index contributed by atoms with van der Waals surface area (Å²) in [5.41, 5.74) is 0. The molecule has 2 nitrogen and oxygen atoms in total. The minimum Gasteiger partial charge on any atom is -0.303 e. The molecule has 0 aromatic rings. The minimum absolute atomic E-state index is 0.0626. The highest BCUT2D eigenvalue weighted by molar-refractivity contribution is 5.90. The molecule has 0 rings (SSSR count). The van der Waals surface area contributed by atoms with E-state index in [1.807, 2.05) is 6.08 Å². The van der Waals surface area contributed by atoms with Gasteiger partial charge in [0.2, 0.25) is 0 Å². The number of carbonyl (C=O) groups is 2. The summed E-state index contributed by atoms with van der Waals surface area (Å²) in [6.45, 7) is 2.18. The van der Waals surface area contributed by atoms with Crippen molar-refractivity contribution in [3.63, 3.8) is 0 Å². The second-order valence-electron chi connectivity index (χ2n) is 3.42. The molecule has 0 aliphatic rings. The van der Waals surface area contributed by atoms with Crippen molar-refractivity contribution in [1.29, 1.82) is 0 Å². The topological polar surface area (TPSA) is 34.1 Å². The highest BCUT2D eigenvalue weighted by Crippen LogP contribution is 2.03. The maximum Gasteiger partial charge on any atom is 0.155 e. The molecule has 0 amide bonds. The number of hydrogen-bond donors (Lipinski definition) is 0. The maximum absolute atomic E-state index is 11.0. The van der Waals surface area contributed by atoms with E-state index in [0.29, 0.717) is 12.8 Å². The smallest absolute Gasteiger partial charge is 0.155 e. The van der Waals surface area contributed by atoms with Crippen LogP contribution in [0, 0.1) is 0 Å². The van der Waals surface area contributed by atoms with Gasteiger partial charge in [-0.15, -0.1) is 0 Å². The predicted molar refractivity (Wildman–Crippen MR) is 58.2 cm³/mol. The number of allylic oxidation sites excluding steroid dienone is 2. The molecule has 0 saturated heterocycles. The van der Waals surface area contributed by atoms with E-state index in [9.17, 15) is 9.59 Å². The Balaban J connectivity index is 3.32. The summed E-state index contributed by atoms with van der Waals surface area (Å²) in [4.78, 5) is 21.0. The summed E-state index contributed by atoms with van der Waals surface area (Å²) in [6.07, 6.45) is 10.9. The predicted octanol–water partition coefficient (Wildman–Crippen LogP) is 3.06. The first-order valence-electron chi connectivity index (χ1n) is 5.44. The molecular weight excluding hydrogens is 176 g/mol. The van der Waals surface area contributed by atoms with Crippen LogP contribution in [0.15, 0.2) is 12.2 Å². The first-order chi connectivity index (χ1) is 6.81. The highest BCUT2D eigenvalue weighted by atomic mass is 16.1. The molecular formula is C12H20O2. The van der Waals surface area contributed by atoms with Crippen LogP contribution in [0.2, 0.25) is 0 Å². The van der Waals surface area contributed by atoms with E-state index in [1.54, 1.807) is 6.08 Å². The zero-order chi connectivity index (χ0) is 10.6. The second kappa shape index (κ2) is 10.2. The molecule has 0 spiro atoms. The van der Waals surface area contributed by atoms with Crippen molar-refractivity contribution in [3.8, 4) is 0 Å². The maximum atomic E-state index is 11.0. The molecule has 0 N–H and O–H groups in total. The molecule has 0 aliphatic heterocycles. The van der Waals surface area contributed by atoms with E-state index in [0.717, 1.165) is 19.1 Å². The van der Waals surface area contributed by atoms with E-state index in [4.69, 9.17) is 0 Å². The molecule has 14 heavy (non-hydrogen) atoms. The zero-order valence-corrected chi connectivity index (χ0v) is 9.00. The number of unbranched alkanes of at least 4 members (excludes halogenated alkanes) is 4. The molecule has 80 valence electrons. The SMILES string of the molecule is CCCCCCC=CC(=O)CCC=O. The van der Waals surface area contributed by atoms with Crippen molar-refractivity contribution < 1.29 is 9.59 Å². The summed E-state index contributed by atoms with van der Waals surface area (Å²) in [6, 6.07) is 0. The Hall–Kier alpha value is -0.920. The van der Waals surface area contributed by atoms with Crippen LogP contribution in [0.5, 0.6) is 0 Å². The number of hydrogen-bond acceptors (Lipinski definition) is 2. The van der Waals surface area contributed by atoms with Crippen LogP contribution in [0.3, 0.4) is 0 Å². The van der Waals surface area contributed by atoms with Gasteiger partial charge in [0.05, 0.1) is 0 Å². The highest BCUT2D eigenvalue weighted by Gasteiger charge is 1.94. The number of aldehydes is 1. The van der Waals surface area contributed by atoms with Gasteiger partial charge in [-0.3, -0.25) is 4.79 Å². The van der Waals surface area contributed by atoms with Crippen LogP contribution in [-0.4, -0.2) is 12.1 Å². The van der Waals surface area contributed by atoms with Crippen LogP contribution in [-0.2, 0) is 9.59 Å². The van der Waals surface area contributed by atoms with Crippen LogP contribution >= 0.6 is 0 Å². The van der Waals surface area contributed by atoms with Gasteiger partial charge in [0.1, 0.15) is 6.29 Å². The fourth-order valence-electron chi connectivity index (χ4n) is 1.19. The quantitative estimate of drug-likeness (QED) is 0.322. The van der Waals surface area contributed by atoms with E-state index in [2.05, 4.69) is 6.92 Å². The summed E-state index contributed by atoms with van der Waals surface area (Å²) in [7, 11) is 0. The van der Waals surface area contributed by atoms with Gasteiger partial charge in [-0.25, -0.2) is 0 Å². The average molecular weight is 196 g/mol. The molecule has 0 aromatic carbocycles. The molecule has 0 aliphatic carbocycles. The molecule has 0 atom stereocenters. The van der Waals surface area contributed by atoms with Crippen molar-refractivity contribution in [3.05, 3.63) is 12.2 Å². The van der Waals surface area contributed by atoms with Gasteiger partial charge >= 0.3 is 0 Å². The Morgan fingerprint density at radius 2 is 1.93 bits per heavy atom. The van der Waals surface area contributed by atoms with Gasteiger partial charge in [-0.05, 0) is 18.9 Å². The molecule has 2 heteroatoms. The largest absolute Gasteiger partial charge is 0.303 e. The minimum atomic E-state index is 0.0626. The van der Waals surface area contributed by atoms with Crippen LogP contribution in [0.25, 0.3) is 0 Å². The number of rotatable bonds is 9. The summed E-state index contributed by atoms with van der Waals surface area (Å²) < 4.78 is 0. The molecule has 0 fully saturated rings. The zero-order valence-electron chi connectivity index (χ0n) is 9.00. The van der Waals surface area contributed by atoms with Gasteiger partial charge in [0.25, 0.3) is 0 Å². The lowest BCUT2D eigenvalue weighted by Gasteiger charge is -1.93. The van der Waals surface area contributed by atoms with Crippen molar-refractivity contribution in [1.82, 2.24) is 0 Å². The Kier molecular flexibility index (Phi) is 9.49. The number of carbonyl (C=O) groups excluding carboxylic acids is 2. The van der Waals surface area contributed by atoms with E-state index < -0.39 is 0 Å². The molecule has 0 radical (unpaired) electrons. The van der Waals surface area contributed by atoms with Crippen LogP contribution < -0.4 is 0 Å². The fraction of sp³-hybridized carbons (Fsp3) is 0.667. The summed E-state index contributed by atoms with van der Waals surface area (Å²) in [5, 5.41) is 0. The summed E-state index contributed by atoms with van der Waals surface area (Å²) in [5.74, 6) is 0.0626. The van der Waals surface area contributed by atoms with Gasteiger partial charge in [0.15, 0.2) is 5.78 Å². The first kappa shape index (κ1) is 13.1. The Morgan fingerprint density at radius 1 is 1.14 bits per heavy atom. The van der Waals surface area contributed by atoms with Gasteiger partial charge in [0, 0.05) is 12.8 Å². The van der Waals surface area contributed by atoms with Gasteiger partial charge in [-0.1, -0.05) is 32.3 Å². The fourth-order valence-corrected chi connectivity index (χ4v) is 1.19. The third-order valence-electron chi connectivity index (χ3n) is 2.04. The van der Waals surface area contributed by atoms with E-state index >= 15 is 0 Å². The lowest BCUT2D eigenvalue weighted by molar-refractivity contribution is -0.116. The lowest BCUT2D eigenvalue weighted by atomic mass is 10.1. The lowest BCUT2D eigenvalue weighted by Crippen LogP contribution is -1.92. The number of ketones is 1. The Bertz CT molecular complexity index is 183. The molecule has 0 unspecified atom stereocenters. The third kappa shape index (κ3) is 9.17. The van der Waals surface area contributed by atoms with E-state index in [-0.39, 0.29) is 5.78 Å². The third-order valence-corrected chi connectivity index (χ3v) is 2.04. The molecule has 0 saturated carbocycles. The van der Waals surface area contributed by atoms with E-state index in [1.165, 1.54) is 19.3 Å². The summed E-state index contributed by atoms with van der Waals surface area (Å²) >= 11 is 0. The van der Waals surface area contributed by atoms with Crippen molar-refractivity contribution >= 4 is 12.1 Å². The van der Waals surface area contributed by atoms with Gasteiger partial charge in [-0.2, -0.15) is 0 Å². The van der Waals surface area contributed by atoms with Crippen molar-refractivity contribution in [2.45, 2.75) is 51.9 Å². The Labute approximate surface area is 86.4 Å². The molecule has 0 aromatic heterocycles. The molecule has 0 bridgehead atoms. The average Bonchev–Trinajstić information content (AvgIpc) is 2.20. The second-order valence-corrected chi connectivity index (χ2v) is 3.42. The van der Waals surface area contributed by atoms with Crippen molar-refractivity contribution in [2.24, 2.45) is 0 Å². The van der Waals surface area contributed by atoms with Gasteiger partial charge < -0.3 is 4.79 Å². The Morgan fingerprint density at radius 3 is 2.57 bits per heavy atom. The van der Waals surface area contributed by atoms with Crippen LogP contribution in [0.1, 0.15) is 51.9 Å². The normalized spacial score (nSPS) is 10.6. The standard InChI is InChI=1S/C12H20O2/c1-2-3-4-5-6-7-9-12(14)10-8-11-13/h7,9,11H,2-6,8,10H2,1H3. The van der Waals surface area contributed by atoms with Crippen LogP contribution in [0.4, 0.5) is 0 Å². The molecule has 0 heterocycles. The van der Waals surface area contributed by atoms with Crippen molar-refractivity contribution in [2.75, 3.05) is 0 Å².